The van der Waals surface area contributed by atoms with Gasteiger partial charge in [0.05, 0.1) is 12.1 Å². The smallest absolute Gasteiger partial charge is 0.407 e. The molecule has 3 unspecified atom stereocenters. The summed E-state index contributed by atoms with van der Waals surface area (Å²) in [5.74, 6) is -0.254. The lowest BCUT2D eigenvalue weighted by Gasteiger charge is -2.29. The Labute approximate surface area is 213 Å². The molecule has 0 aliphatic heterocycles. The molecule has 3 aromatic carbocycles. The summed E-state index contributed by atoms with van der Waals surface area (Å²) in [6, 6.07) is 27.5. The van der Waals surface area contributed by atoms with Crippen molar-refractivity contribution < 1.29 is 19.4 Å². The van der Waals surface area contributed by atoms with Crippen LogP contribution in [-0.4, -0.2) is 40.9 Å². The van der Waals surface area contributed by atoms with Crippen molar-refractivity contribution in [1.82, 2.24) is 10.6 Å². The molecule has 2 amide bonds. The quantitative estimate of drug-likeness (QED) is 0.378. The minimum absolute atomic E-state index is 0.237. The van der Waals surface area contributed by atoms with Crippen LogP contribution in [0.5, 0.6) is 0 Å². The zero-order valence-corrected chi connectivity index (χ0v) is 21.2. The molecule has 0 heterocycles. The summed E-state index contributed by atoms with van der Waals surface area (Å²) >= 11 is 0. The van der Waals surface area contributed by atoms with E-state index in [0.717, 1.165) is 11.1 Å². The maximum atomic E-state index is 12.9. The van der Waals surface area contributed by atoms with Gasteiger partial charge in [0, 0.05) is 11.6 Å². The Morgan fingerprint density at radius 1 is 0.778 bits per heavy atom. The van der Waals surface area contributed by atoms with Gasteiger partial charge in [0.1, 0.15) is 5.60 Å². The van der Waals surface area contributed by atoms with Gasteiger partial charge < -0.3 is 20.5 Å². The van der Waals surface area contributed by atoms with E-state index >= 15 is 0 Å². The summed E-state index contributed by atoms with van der Waals surface area (Å²) in [4.78, 5) is 25.5. The fourth-order valence-electron chi connectivity index (χ4n) is 4.01. The van der Waals surface area contributed by atoms with Crippen LogP contribution in [0.15, 0.2) is 91.0 Å². The predicted molar refractivity (Wildman–Crippen MR) is 142 cm³/mol. The largest absolute Gasteiger partial charge is 0.444 e. The lowest BCUT2D eigenvalue weighted by atomic mass is 9.93. The first-order valence-electron chi connectivity index (χ1n) is 12.3. The van der Waals surface area contributed by atoms with Crippen molar-refractivity contribution in [2.24, 2.45) is 0 Å². The number of rotatable bonds is 10. The van der Waals surface area contributed by atoms with Crippen molar-refractivity contribution in [3.8, 4) is 0 Å². The minimum atomic E-state index is -0.915. The van der Waals surface area contributed by atoms with E-state index in [4.69, 9.17) is 4.74 Å². The molecule has 0 radical (unpaired) electrons. The molecule has 0 aliphatic carbocycles. The second kappa shape index (κ2) is 12.9. The van der Waals surface area contributed by atoms with Crippen molar-refractivity contribution in [1.29, 1.82) is 0 Å². The number of aliphatic hydroxyl groups excluding tert-OH is 1. The Hall–Kier alpha value is -3.64. The summed E-state index contributed by atoms with van der Waals surface area (Å²) in [5.41, 5.74) is 1.91. The van der Waals surface area contributed by atoms with Crippen LogP contribution in [0.25, 0.3) is 0 Å². The Balaban J connectivity index is 1.78. The second-order valence-corrected chi connectivity index (χ2v) is 9.97. The van der Waals surface area contributed by atoms with Gasteiger partial charge in [-0.3, -0.25) is 4.79 Å². The van der Waals surface area contributed by atoms with Gasteiger partial charge in [0.2, 0.25) is 0 Å². The van der Waals surface area contributed by atoms with Gasteiger partial charge >= 0.3 is 6.09 Å². The van der Waals surface area contributed by atoms with E-state index in [0.29, 0.717) is 18.4 Å². The van der Waals surface area contributed by atoms with Gasteiger partial charge in [0.25, 0.3) is 5.91 Å². The van der Waals surface area contributed by atoms with Crippen LogP contribution >= 0.6 is 0 Å². The number of alkyl carbamates (subject to hydrolysis) is 1. The van der Waals surface area contributed by atoms with E-state index < -0.39 is 29.9 Å². The van der Waals surface area contributed by atoms with Crippen LogP contribution in [0.3, 0.4) is 0 Å². The highest BCUT2D eigenvalue weighted by Crippen LogP contribution is 2.16. The first-order valence-corrected chi connectivity index (χ1v) is 12.3. The number of hydrogen-bond donors (Lipinski definition) is 3. The Bertz CT molecular complexity index is 1080. The Morgan fingerprint density at radius 3 is 1.81 bits per heavy atom. The number of carbonyl (C=O) groups excluding carboxylic acids is 2. The Kier molecular flexibility index (Phi) is 9.65. The number of nitrogens with one attached hydrogen (secondary N) is 2. The number of ether oxygens (including phenoxy) is 1. The molecule has 3 atom stereocenters. The summed E-state index contributed by atoms with van der Waals surface area (Å²) in [6.07, 6.45) is -0.252. The molecule has 0 saturated heterocycles. The molecule has 3 aromatic rings. The zero-order valence-electron chi connectivity index (χ0n) is 21.2. The minimum Gasteiger partial charge on any atom is -0.444 e. The van der Waals surface area contributed by atoms with Crippen LogP contribution in [0.4, 0.5) is 4.79 Å². The van der Waals surface area contributed by atoms with Crippen LogP contribution in [0, 0.1) is 0 Å². The number of hydrogen-bond acceptors (Lipinski definition) is 4. The second-order valence-electron chi connectivity index (χ2n) is 9.97. The predicted octanol–water partition coefficient (Wildman–Crippen LogP) is 4.91. The van der Waals surface area contributed by atoms with Crippen LogP contribution in [-0.2, 0) is 17.6 Å². The topological polar surface area (TPSA) is 87.7 Å². The summed E-state index contributed by atoms with van der Waals surface area (Å²) < 4.78 is 5.46. The Morgan fingerprint density at radius 2 is 1.28 bits per heavy atom. The average Bonchev–Trinajstić information content (AvgIpc) is 2.84. The molecule has 6 nitrogen and oxygen atoms in total. The number of benzene rings is 3. The third-order valence-electron chi connectivity index (χ3n) is 5.69. The fourth-order valence-corrected chi connectivity index (χ4v) is 4.01. The third kappa shape index (κ3) is 9.19. The van der Waals surface area contributed by atoms with Gasteiger partial charge in [-0.15, -0.1) is 0 Å². The van der Waals surface area contributed by atoms with Gasteiger partial charge in [-0.2, -0.15) is 0 Å². The lowest BCUT2D eigenvalue weighted by molar-refractivity contribution is 0.0463. The van der Waals surface area contributed by atoms with E-state index in [-0.39, 0.29) is 12.3 Å². The van der Waals surface area contributed by atoms with E-state index in [9.17, 15) is 14.7 Å². The van der Waals surface area contributed by atoms with Crippen molar-refractivity contribution in [3.05, 3.63) is 108 Å². The van der Waals surface area contributed by atoms with E-state index in [1.165, 1.54) is 0 Å². The molecule has 0 bridgehead atoms. The molecular weight excluding hydrogens is 452 g/mol. The van der Waals surface area contributed by atoms with Gasteiger partial charge in [0.15, 0.2) is 0 Å². The zero-order chi connectivity index (χ0) is 26.0. The highest BCUT2D eigenvalue weighted by molar-refractivity contribution is 5.94. The first kappa shape index (κ1) is 27.0. The standard InChI is InChI=1S/C30H36N2O4/c1-30(2,3)36-29(35)31-25(19-22-13-7-4-8-14-22)21-27(33)26(20-23-15-9-5-10-16-23)32-28(34)24-17-11-6-12-18-24/h4-18,25-27,33H,19-21H2,1-3H3,(H,31,35)(H,32,34). The number of aliphatic hydroxyl groups is 1. The van der Waals surface area contributed by atoms with Crippen LogP contribution < -0.4 is 10.6 Å². The summed E-state index contributed by atoms with van der Waals surface area (Å²) in [6.45, 7) is 5.42. The van der Waals surface area contributed by atoms with E-state index in [1.54, 1.807) is 24.3 Å². The van der Waals surface area contributed by atoms with Gasteiger partial charge in [-0.1, -0.05) is 78.9 Å². The molecule has 6 heteroatoms. The normalized spacial score (nSPS) is 13.8. The molecule has 3 rings (SSSR count). The summed E-state index contributed by atoms with van der Waals surface area (Å²) in [5, 5.41) is 17.3. The number of carbonyl (C=O) groups is 2. The van der Waals surface area contributed by atoms with Crippen molar-refractivity contribution in [3.63, 3.8) is 0 Å². The lowest BCUT2D eigenvalue weighted by Crippen LogP contribution is -2.49. The maximum absolute atomic E-state index is 12.9. The van der Waals surface area contributed by atoms with Crippen LogP contribution in [0.1, 0.15) is 48.7 Å². The molecule has 0 fully saturated rings. The van der Waals surface area contributed by atoms with Crippen LogP contribution in [0.2, 0.25) is 0 Å². The number of amides is 2. The highest BCUT2D eigenvalue weighted by atomic mass is 16.6. The van der Waals surface area contributed by atoms with E-state index in [1.807, 2.05) is 87.5 Å². The molecule has 0 spiro atoms. The van der Waals surface area contributed by atoms with Gasteiger partial charge in [-0.05, 0) is 63.3 Å². The van der Waals surface area contributed by atoms with Crippen molar-refractivity contribution in [2.75, 3.05) is 0 Å². The SMILES string of the molecule is CC(C)(C)OC(=O)NC(Cc1ccccc1)CC(O)C(Cc1ccccc1)NC(=O)c1ccccc1. The molecule has 3 N–H and O–H groups in total. The third-order valence-corrected chi connectivity index (χ3v) is 5.69. The average molecular weight is 489 g/mol. The molecule has 190 valence electrons. The summed E-state index contributed by atoms with van der Waals surface area (Å²) in [7, 11) is 0. The first-order chi connectivity index (χ1) is 17.2. The van der Waals surface area contributed by atoms with E-state index in [2.05, 4.69) is 10.6 Å². The molecule has 0 saturated carbocycles. The van der Waals surface area contributed by atoms with Gasteiger partial charge in [-0.25, -0.2) is 4.79 Å². The molecular formula is C30H36N2O4. The van der Waals surface area contributed by atoms with Crippen molar-refractivity contribution >= 4 is 12.0 Å². The fraction of sp³-hybridized carbons (Fsp3) is 0.333. The molecule has 36 heavy (non-hydrogen) atoms. The highest BCUT2D eigenvalue weighted by Gasteiger charge is 2.27. The maximum Gasteiger partial charge on any atom is 0.407 e. The monoisotopic (exact) mass is 488 g/mol. The molecule has 0 aliphatic rings. The molecule has 0 aromatic heterocycles. The van der Waals surface area contributed by atoms with Crippen molar-refractivity contribution in [2.45, 2.75) is 63.8 Å².